The van der Waals surface area contributed by atoms with E-state index in [2.05, 4.69) is 14.8 Å². The van der Waals surface area contributed by atoms with Gasteiger partial charge >= 0.3 is 5.82 Å². The molecule has 32 heavy (non-hydrogen) atoms. The summed E-state index contributed by atoms with van der Waals surface area (Å²) in [5.74, 6) is -0.00412. The summed E-state index contributed by atoms with van der Waals surface area (Å²) in [6.07, 6.45) is 6.57. The molecule has 0 bridgehead atoms. The molecule has 0 unspecified atom stereocenters. The molecule has 0 radical (unpaired) electrons. The Hall–Kier alpha value is -3.06. The van der Waals surface area contributed by atoms with Crippen LogP contribution in [0.2, 0.25) is 0 Å². The molecule has 1 aromatic heterocycles. The van der Waals surface area contributed by atoms with Gasteiger partial charge in [-0.05, 0) is 43.4 Å². The molecule has 0 spiro atoms. The molecule has 2 aromatic rings. The number of likely N-dealkylation sites (tertiary alicyclic amines) is 1. The predicted molar refractivity (Wildman–Crippen MR) is 117 cm³/mol. The average Bonchev–Trinajstić information content (AvgIpc) is 3.14. The molecular formula is C22H24FN5O3S. The summed E-state index contributed by atoms with van der Waals surface area (Å²) < 4.78 is 37.7. The standard InChI is InChI=1S/C22H24FN5O3S/c1-24-20-21(26-9-8-25-20)27-10-6-17(7-11-27)28-12-5-16(22(28)29)13-15-3-4-18(14-19(15)23)32(2,30)31/h3-4,8-9,14,16-17H,5-7,10-13H2,2H3/t16-/m1/s1. The lowest BCUT2D eigenvalue weighted by atomic mass is 9.97. The third kappa shape index (κ3) is 4.43. The molecule has 2 aliphatic rings. The van der Waals surface area contributed by atoms with E-state index in [0.29, 0.717) is 37.4 Å². The quantitative estimate of drug-likeness (QED) is 0.642. The second-order valence-electron chi connectivity index (χ2n) is 8.28. The van der Waals surface area contributed by atoms with Crippen molar-refractivity contribution in [1.82, 2.24) is 14.9 Å². The van der Waals surface area contributed by atoms with Gasteiger partial charge in [0.2, 0.25) is 5.91 Å². The van der Waals surface area contributed by atoms with Gasteiger partial charge in [0.1, 0.15) is 12.0 Å². The number of halogens is 1. The van der Waals surface area contributed by atoms with Gasteiger partial charge in [-0.1, -0.05) is 12.6 Å². The van der Waals surface area contributed by atoms with Gasteiger partial charge in [0, 0.05) is 37.8 Å². The molecule has 0 N–H and O–H groups in total. The maximum atomic E-state index is 14.5. The highest BCUT2D eigenvalue weighted by molar-refractivity contribution is 7.90. The monoisotopic (exact) mass is 457 g/mol. The van der Waals surface area contributed by atoms with Gasteiger partial charge in [-0.2, -0.15) is 0 Å². The van der Waals surface area contributed by atoms with Crippen molar-refractivity contribution >= 4 is 27.4 Å². The Bertz CT molecular complexity index is 1170. The number of benzene rings is 1. The first-order chi connectivity index (χ1) is 15.3. The Labute approximate surface area is 186 Å². The first-order valence-corrected chi connectivity index (χ1v) is 12.4. The maximum absolute atomic E-state index is 14.5. The van der Waals surface area contributed by atoms with E-state index in [-0.39, 0.29) is 35.0 Å². The Balaban J connectivity index is 1.38. The summed E-state index contributed by atoms with van der Waals surface area (Å²) in [5, 5.41) is 0. The van der Waals surface area contributed by atoms with E-state index >= 15 is 0 Å². The molecular weight excluding hydrogens is 433 g/mol. The number of amides is 1. The molecule has 0 saturated carbocycles. The number of rotatable bonds is 5. The number of aromatic nitrogens is 2. The Morgan fingerprint density at radius 2 is 1.88 bits per heavy atom. The van der Waals surface area contributed by atoms with Crippen LogP contribution in [-0.4, -0.2) is 61.1 Å². The number of nitrogens with zero attached hydrogens (tertiary/aromatic N) is 5. The molecule has 8 nitrogen and oxygen atoms in total. The first kappa shape index (κ1) is 22.1. The van der Waals surface area contributed by atoms with Gasteiger partial charge in [-0.3, -0.25) is 4.79 Å². The number of piperidine rings is 1. The normalized spacial score (nSPS) is 19.9. The second kappa shape index (κ2) is 8.82. The highest BCUT2D eigenvalue weighted by Crippen LogP contribution is 2.31. The van der Waals surface area contributed by atoms with E-state index in [1.165, 1.54) is 18.3 Å². The molecule has 3 heterocycles. The van der Waals surface area contributed by atoms with Crippen LogP contribution >= 0.6 is 0 Å². The maximum Gasteiger partial charge on any atom is 0.312 e. The van der Waals surface area contributed by atoms with E-state index in [1.807, 2.05) is 9.80 Å². The molecule has 0 aliphatic carbocycles. The fourth-order valence-electron chi connectivity index (χ4n) is 4.52. The second-order valence-corrected chi connectivity index (χ2v) is 10.3. The molecule has 1 atom stereocenters. The summed E-state index contributed by atoms with van der Waals surface area (Å²) >= 11 is 0. The Kier molecular flexibility index (Phi) is 6.11. The van der Waals surface area contributed by atoms with Crippen LogP contribution in [0.15, 0.2) is 35.5 Å². The lowest BCUT2D eigenvalue weighted by molar-refractivity contribution is -0.133. The molecule has 1 aromatic carbocycles. The van der Waals surface area contributed by atoms with Gasteiger partial charge < -0.3 is 14.6 Å². The highest BCUT2D eigenvalue weighted by atomic mass is 32.2. The van der Waals surface area contributed by atoms with E-state index in [1.54, 1.807) is 6.20 Å². The minimum Gasteiger partial charge on any atom is -0.364 e. The summed E-state index contributed by atoms with van der Waals surface area (Å²) in [7, 11) is -3.48. The van der Waals surface area contributed by atoms with E-state index in [9.17, 15) is 17.6 Å². The van der Waals surface area contributed by atoms with Crippen LogP contribution in [0.3, 0.4) is 0 Å². The first-order valence-electron chi connectivity index (χ1n) is 10.5. The predicted octanol–water partition coefficient (Wildman–Crippen LogP) is 2.63. The van der Waals surface area contributed by atoms with Crippen molar-refractivity contribution in [2.24, 2.45) is 5.92 Å². The van der Waals surface area contributed by atoms with Crippen LogP contribution < -0.4 is 4.90 Å². The van der Waals surface area contributed by atoms with Crippen LogP contribution in [0.4, 0.5) is 16.0 Å². The van der Waals surface area contributed by atoms with Crippen molar-refractivity contribution in [2.45, 2.75) is 36.6 Å². The average molecular weight is 458 g/mol. The lowest BCUT2D eigenvalue weighted by Crippen LogP contribution is -2.46. The zero-order valence-corrected chi connectivity index (χ0v) is 18.6. The molecule has 10 heteroatoms. The number of carbonyl (C=O) groups excluding carboxylic acids is 1. The fourth-order valence-corrected chi connectivity index (χ4v) is 5.15. The van der Waals surface area contributed by atoms with Gasteiger partial charge in [0.05, 0.1) is 11.1 Å². The molecule has 168 valence electrons. The zero-order chi connectivity index (χ0) is 22.9. The number of anilines is 1. The molecule has 2 aliphatic heterocycles. The molecule has 2 saturated heterocycles. The van der Waals surface area contributed by atoms with Gasteiger partial charge in [0.25, 0.3) is 0 Å². The van der Waals surface area contributed by atoms with Gasteiger partial charge in [-0.25, -0.2) is 17.8 Å². The van der Waals surface area contributed by atoms with Gasteiger partial charge in [-0.15, -0.1) is 4.98 Å². The third-order valence-electron chi connectivity index (χ3n) is 6.24. The number of carbonyl (C=O) groups is 1. The van der Waals surface area contributed by atoms with Crippen molar-refractivity contribution in [3.63, 3.8) is 0 Å². The lowest BCUT2D eigenvalue weighted by Gasteiger charge is -2.37. The number of sulfone groups is 1. The van der Waals surface area contributed by atoms with Crippen molar-refractivity contribution in [2.75, 3.05) is 30.8 Å². The minimum absolute atomic E-state index is 0.0244. The van der Waals surface area contributed by atoms with Crippen molar-refractivity contribution in [3.8, 4) is 0 Å². The fraction of sp³-hybridized carbons (Fsp3) is 0.455. The summed E-state index contributed by atoms with van der Waals surface area (Å²) in [4.78, 5) is 28.7. The van der Waals surface area contributed by atoms with E-state index in [4.69, 9.17) is 6.57 Å². The molecule has 1 amide bonds. The van der Waals surface area contributed by atoms with Crippen molar-refractivity contribution in [1.29, 1.82) is 0 Å². The summed E-state index contributed by atoms with van der Waals surface area (Å²) in [5.41, 5.74) is 0.363. The minimum atomic E-state index is -3.48. The topological polar surface area (TPSA) is 87.8 Å². The van der Waals surface area contributed by atoms with E-state index < -0.39 is 15.7 Å². The van der Waals surface area contributed by atoms with Crippen LogP contribution in [-0.2, 0) is 21.1 Å². The largest absolute Gasteiger partial charge is 0.364 e. The van der Waals surface area contributed by atoms with Crippen molar-refractivity contribution < 1.29 is 17.6 Å². The van der Waals surface area contributed by atoms with Crippen LogP contribution in [0, 0.1) is 18.3 Å². The Morgan fingerprint density at radius 1 is 1.16 bits per heavy atom. The van der Waals surface area contributed by atoms with Crippen LogP contribution in [0.5, 0.6) is 0 Å². The zero-order valence-electron chi connectivity index (χ0n) is 17.7. The van der Waals surface area contributed by atoms with Crippen LogP contribution in [0.1, 0.15) is 24.8 Å². The van der Waals surface area contributed by atoms with E-state index in [0.717, 1.165) is 25.2 Å². The van der Waals surface area contributed by atoms with Gasteiger partial charge in [0.15, 0.2) is 15.7 Å². The number of hydrogen-bond donors (Lipinski definition) is 0. The smallest absolute Gasteiger partial charge is 0.312 e. The highest BCUT2D eigenvalue weighted by Gasteiger charge is 2.37. The molecule has 4 rings (SSSR count). The Morgan fingerprint density at radius 3 is 2.53 bits per heavy atom. The SMILES string of the molecule is [C-]#[N+]c1nccnc1N1CCC(N2CC[C@H](Cc3ccc(S(C)(=O)=O)cc3F)C2=O)CC1. The van der Waals surface area contributed by atoms with Crippen LogP contribution in [0.25, 0.3) is 4.85 Å². The third-order valence-corrected chi connectivity index (χ3v) is 7.35. The van der Waals surface area contributed by atoms with Crippen molar-refractivity contribution in [3.05, 3.63) is 53.4 Å². The number of hydrogen-bond acceptors (Lipinski definition) is 6. The summed E-state index contributed by atoms with van der Waals surface area (Å²) in [6, 6.07) is 4.00. The molecule has 2 fully saturated rings. The summed E-state index contributed by atoms with van der Waals surface area (Å²) in [6.45, 7) is 9.26.